The van der Waals surface area contributed by atoms with Crippen LogP contribution in [0.15, 0.2) is 16.9 Å². The first-order valence-corrected chi connectivity index (χ1v) is 25.7. The van der Waals surface area contributed by atoms with Gasteiger partial charge >= 0.3 is 0 Å². The number of piperidine rings is 3. The fourth-order valence-corrected chi connectivity index (χ4v) is 12.3. The van der Waals surface area contributed by atoms with Crippen molar-refractivity contribution in [1.29, 1.82) is 0 Å². The van der Waals surface area contributed by atoms with Crippen LogP contribution in [0.1, 0.15) is 205 Å². The van der Waals surface area contributed by atoms with E-state index in [0.717, 1.165) is 108 Å². The van der Waals surface area contributed by atoms with Crippen LogP contribution in [-0.2, 0) is 0 Å². The molecule has 0 spiro atoms. The van der Waals surface area contributed by atoms with Gasteiger partial charge in [-0.2, -0.15) is 0 Å². The zero-order valence-electron chi connectivity index (χ0n) is 42.6. The lowest BCUT2D eigenvalue weighted by molar-refractivity contribution is -0.00794. The predicted octanol–water partition coefficient (Wildman–Crippen LogP) is 7.74. The minimum absolute atomic E-state index is 0.0278. The first-order valence-electron chi connectivity index (χ1n) is 25.7. The van der Waals surface area contributed by atoms with Gasteiger partial charge in [-0.15, -0.1) is 0 Å². The van der Waals surface area contributed by atoms with Crippen LogP contribution in [0.25, 0.3) is 0 Å². The Bertz CT molecular complexity index is 1270. The van der Waals surface area contributed by atoms with Crippen LogP contribution < -0.4 is 48.6 Å². The van der Waals surface area contributed by atoms with Crippen molar-refractivity contribution >= 4 is 5.84 Å². The Morgan fingerprint density at radius 2 is 0.984 bits per heavy atom. The number of nitrogens with two attached hydrogens (primary N) is 1. The van der Waals surface area contributed by atoms with Gasteiger partial charge in [-0.05, 0) is 166 Å². The van der Waals surface area contributed by atoms with E-state index < -0.39 is 0 Å². The molecule has 10 N–H and O–H groups in total. The Morgan fingerprint density at radius 1 is 0.548 bits per heavy atom. The molecule has 12 nitrogen and oxygen atoms in total. The van der Waals surface area contributed by atoms with Crippen molar-refractivity contribution < 1.29 is 0 Å². The number of hydrazine groups is 3. The maximum Gasteiger partial charge on any atom is 0.141 e. The van der Waals surface area contributed by atoms with Crippen LogP contribution >= 0.6 is 0 Å². The molecule has 362 valence electrons. The van der Waals surface area contributed by atoms with Gasteiger partial charge in [-0.3, -0.25) is 15.8 Å². The van der Waals surface area contributed by atoms with Gasteiger partial charge in [-0.25, -0.2) is 5.43 Å². The lowest BCUT2D eigenvalue weighted by Crippen LogP contribution is -2.69. The van der Waals surface area contributed by atoms with E-state index >= 15 is 0 Å². The summed E-state index contributed by atoms with van der Waals surface area (Å²) < 4.78 is 0. The SMILES string of the molecule is CC1(C)CC(CCCCCCCCCCCCNN2NC(N(C3CC(C)(C)NC(C)(C)C3)C3CC(C)(C)NC(C)(C)C3)=CC(=NCCCNCCNCCCN)N2)CC(C)(C)N1. The second kappa shape index (κ2) is 24.3. The molecule has 0 unspecified atom stereocenters. The molecule has 3 fully saturated rings. The molecule has 0 atom stereocenters. The molecule has 12 heteroatoms. The summed E-state index contributed by atoms with van der Waals surface area (Å²) in [6.07, 6.45) is 26.1. The largest absolute Gasteiger partial charge is 0.351 e. The Balaban J connectivity index is 1.29. The number of rotatable bonds is 27. The highest BCUT2D eigenvalue weighted by atomic mass is 15.9. The van der Waals surface area contributed by atoms with Gasteiger partial charge in [0.1, 0.15) is 11.7 Å². The van der Waals surface area contributed by atoms with Crippen molar-refractivity contribution in [1.82, 2.24) is 53.0 Å². The van der Waals surface area contributed by atoms with Crippen molar-refractivity contribution in [2.75, 3.05) is 45.8 Å². The van der Waals surface area contributed by atoms with E-state index in [4.69, 9.17) is 10.7 Å². The lowest BCUT2D eigenvalue weighted by atomic mass is 9.74. The van der Waals surface area contributed by atoms with Crippen LogP contribution in [0, 0.1) is 5.92 Å². The number of aliphatic imine (C=N–C) groups is 1. The number of hydrogen-bond donors (Lipinski definition) is 9. The van der Waals surface area contributed by atoms with E-state index in [1.165, 1.54) is 77.0 Å². The fraction of sp³-hybridized carbons (Fsp3) is 0.940. The standard InChI is InChI=1S/C50H102N12/c1-45(2)34-40(35-46(3,4)58-45)25-21-19-17-15-13-14-16-18-20-22-30-55-62-56-43(54-29-24-28-53-32-31-52-27-23-26-51)33-44(57-62)61(41-36-47(5,6)59-48(7,8)37-41)42-38-49(9,10)60-50(11,12)39-42/h33,40-42,52-53,55,57-60H,13-32,34-39,51H2,1-12H3,(H,54,56). The van der Waals surface area contributed by atoms with E-state index in [0.29, 0.717) is 12.1 Å². The summed E-state index contributed by atoms with van der Waals surface area (Å²) in [5, 5.41) is 20.8. The van der Waals surface area contributed by atoms with Gasteiger partial charge in [0.2, 0.25) is 0 Å². The van der Waals surface area contributed by atoms with Crippen molar-refractivity contribution in [3.05, 3.63) is 11.9 Å². The molecular formula is C50H102N12. The van der Waals surface area contributed by atoms with Gasteiger partial charge in [-0.1, -0.05) is 69.4 Å². The zero-order valence-corrected chi connectivity index (χ0v) is 42.6. The third kappa shape index (κ3) is 19.9. The van der Waals surface area contributed by atoms with E-state index in [9.17, 15) is 0 Å². The van der Waals surface area contributed by atoms with Crippen LogP contribution in [0.5, 0.6) is 0 Å². The van der Waals surface area contributed by atoms with Gasteiger partial charge in [0.25, 0.3) is 0 Å². The van der Waals surface area contributed by atoms with Gasteiger partial charge in [0.05, 0.1) is 0 Å². The average Bonchev–Trinajstić information content (AvgIpc) is 3.10. The monoisotopic (exact) mass is 871 g/mol. The van der Waals surface area contributed by atoms with Crippen LogP contribution in [0.3, 0.4) is 0 Å². The van der Waals surface area contributed by atoms with Crippen molar-refractivity contribution in [3.8, 4) is 0 Å². The van der Waals surface area contributed by atoms with Crippen LogP contribution in [0.4, 0.5) is 0 Å². The second-order valence-corrected chi connectivity index (χ2v) is 24.1. The molecule has 0 aromatic rings. The number of nitrogens with zero attached hydrogens (tertiary/aromatic N) is 3. The predicted molar refractivity (Wildman–Crippen MR) is 266 cm³/mol. The number of amidine groups is 1. The molecule has 3 saturated heterocycles. The van der Waals surface area contributed by atoms with Crippen LogP contribution in [0.2, 0.25) is 0 Å². The maximum absolute atomic E-state index is 5.63. The van der Waals surface area contributed by atoms with E-state index in [1.807, 2.05) is 5.23 Å². The lowest BCUT2D eigenvalue weighted by Gasteiger charge is -2.56. The first-order chi connectivity index (χ1) is 29.1. The summed E-state index contributed by atoms with van der Waals surface area (Å²) in [6, 6.07) is 0.747. The number of nitrogens with one attached hydrogen (secondary N) is 8. The smallest absolute Gasteiger partial charge is 0.141 e. The summed E-state index contributed by atoms with van der Waals surface area (Å²) in [7, 11) is 0. The molecule has 62 heavy (non-hydrogen) atoms. The molecular weight excluding hydrogens is 769 g/mol. The Hall–Kier alpha value is -1.51. The topological polar surface area (TPSA) is 141 Å². The average molecular weight is 871 g/mol. The first kappa shape index (κ1) is 53.1. The summed E-state index contributed by atoms with van der Waals surface area (Å²) in [5.41, 5.74) is 17.4. The zero-order chi connectivity index (χ0) is 45.5. The van der Waals surface area contributed by atoms with E-state index in [1.54, 1.807) is 0 Å². The molecule has 0 aromatic heterocycles. The molecule has 0 radical (unpaired) electrons. The van der Waals surface area contributed by atoms with Gasteiger partial charge < -0.3 is 37.2 Å². The Kier molecular flexibility index (Phi) is 20.8. The molecule has 0 saturated carbocycles. The molecule has 0 bridgehead atoms. The van der Waals surface area contributed by atoms with Gasteiger partial charge in [0.15, 0.2) is 0 Å². The van der Waals surface area contributed by atoms with Gasteiger partial charge in [0, 0.05) is 77.6 Å². The fourth-order valence-electron chi connectivity index (χ4n) is 12.3. The summed E-state index contributed by atoms with van der Waals surface area (Å²) >= 11 is 0. The molecule has 0 aromatic carbocycles. The van der Waals surface area contributed by atoms with Crippen molar-refractivity contribution in [3.63, 3.8) is 0 Å². The highest BCUT2D eigenvalue weighted by molar-refractivity contribution is 5.93. The summed E-state index contributed by atoms with van der Waals surface area (Å²) in [4.78, 5) is 7.93. The molecule has 4 rings (SSSR count). The summed E-state index contributed by atoms with van der Waals surface area (Å²) in [5.74, 6) is 2.94. The minimum Gasteiger partial charge on any atom is -0.351 e. The number of hydrogen-bond acceptors (Lipinski definition) is 11. The Morgan fingerprint density at radius 3 is 1.47 bits per heavy atom. The third-order valence-electron chi connectivity index (χ3n) is 13.5. The molecule has 0 amide bonds. The van der Waals surface area contributed by atoms with E-state index in [-0.39, 0.29) is 33.2 Å². The summed E-state index contributed by atoms with van der Waals surface area (Å²) in [6.45, 7) is 34.8. The van der Waals surface area contributed by atoms with Crippen LogP contribution in [-0.4, -0.2) is 107 Å². The normalized spacial score (nSPS) is 24.4. The molecule has 4 aliphatic rings. The minimum atomic E-state index is 0.0278. The van der Waals surface area contributed by atoms with E-state index in [2.05, 4.69) is 137 Å². The van der Waals surface area contributed by atoms with Crippen molar-refractivity contribution in [2.24, 2.45) is 16.6 Å². The van der Waals surface area contributed by atoms with Crippen molar-refractivity contribution in [2.45, 2.75) is 250 Å². The number of unbranched alkanes of at least 4 members (excludes halogenated alkanes) is 9. The maximum atomic E-state index is 5.63. The second-order valence-electron chi connectivity index (χ2n) is 24.1. The highest BCUT2D eigenvalue weighted by Crippen LogP contribution is 2.40. The third-order valence-corrected chi connectivity index (χ3v) is 13.5. The highest BCUT2D eigenvalue weighted by Gasteiger charge is 2.47. The molecule has 4 aliphatic heterocycles. The molecule has 4 heterocycles. The molecule has 0 aliphatic carbocycles. The quantitative estimate of drug-likeness (QED) is 0.0375. The Labute approximate surface area is 382 Å².